The van der Waals surface area contributed by atoms with Crippen molar-refractivity contribution in [3.05, 3.63) is 67.2 Å². The van der Waals surface area contributed by atoms with E-state index in [4.69, 9.17) is 0 Å². The van der Waals surface area contributed by atoms with E-state index in [0.29, 0.717) is 16.6 Å². The molecule has 2 amide bonds. The van der Waals surface area contributed by atoms with Crippen LogP contribution in [0.2, 0.25) is 0 Å². The summed E-state index contributed by atoms with van der Waals surface area (Å²) >= 11 is 5.67. The van der Waals surface area contributed by atoms with E-state index in [-0.39, 0.29) is 19.0 Å². The van der Waals surface area contributed by atoms with Gasteiger partial charge >= 0.3 is 11.9 Å². The quantitative estimate of drug-likeness (QED) is 0.110. The smallest absolute Gasteiger partial charge is 0.394 e. The number of benzene rings is 2. The minimum absolute atomic E-state index is 0.108. The van der Waals surface area contributed by atoms with Gasteiger partial charge in [0, 0.05) is 33.2 Å². The molecule has 0 aliphatic heterocycles. The highest BCUT2D eigenvalue weighted by Crippen LogP contribution is 2.23. The third kappa shape index (κ3) is 11.5. The Hall–Kier alpha value is -1.94. The number of hydrogen-bond acceptors (Lipinski definition) is 3. The summed E-state index contributed by atoms with van der Waals surface area (Å²) in [6, 6.07) is 12.7. The molecule has 0 aliphatic rings. The zero-order valence-corrected chi connectivity index (χ0v) is 25.4. The molecule has 0 radical (unpaired) electrons. The van der Waals surface area contributed by atoms with Gasteiger partial charge in [0.1, 0.15) is 0 Å². The van der Waals surface area contributed by atoms with Crippen molar-refractivity contribution in [2.45, 2.75) is 84.2 Å². The molecule has 8 heteroatoms. The van der Waals surface area contributed by atoms with Gasteiger partial charge in [-0.2, -0.15) is 0 Å². The molecule has 2 rings (SSSR count). The Labute approximate surface area is 242 Å². The topological polar surface area (TPSA) is 86.7 Å². The van der Waals surface area contributed by atoms with E-state index in [9.17, 15) is 19.5 Å². The maximum atomic E-state index is 12.6. The van der Waals surface area contributed by atoms with Crippen molar-refractivity contribution in [3.63, 3.8) is 0 Å². The van der Waals surface area contributed by atoms with Crippen molar-refractivity contribution < 1.29 is 19.5 Å². The lowest BCUT2D eigenvalue weighted by Gasteiger charge is -2.22. The van der Waals surface area contributed by atoms with Crippen LogP contribution in [0.5, 0.6) is 0 Å². The lowest BCUT2D eigenvalue weighted by atomic mass is 10.1. The summed E-state index contributed by atoms with van der Waals surface area (Å²) in [6.07, 6.45) is 12.5. The van der Waals surface area contributed by atoms with Gasteiger partial charge in [0.05, 0.1) is 0 Å². The van der Waals surface area contributed by atoms with Crippen molar-refractivity contribution in [2.24, 2.45) is 0 Å². The normalized spacial score (nSPS) is 10.8. The Morgan fingerprint density at radius 3 is 2.05 bits per heavy atom. The average molecular weight is 685 g/mol. The first-order valence-electron chi connectivity index (χ1n) is 13.2. The van der Waals surface area contributed by atoms with Crippen LogP contribution < -0.4 is 5.32 Å². The van der Waals surface area contributed by atoms with Gasteiger partial charge in [-0.15, -0.1) is 0 Å². The summed E-state index contributed by atoms with van der Waals surface area (Å²) in [4.78, 5) is 37.7. The van der Waals surface area contributed by atoms with E-state index in [1.54, 1.807) is 18.2 Å². The monoisotopic (exact) mass is 684 g/mol. The summed E-state index contributed by atoms with van der Waals surface area (Å²) in [5.74, 6) is -2.60. The zero-order valence-electron chi connectivity index (χ0n) is 21.6. The lowest BCUT2D eigenvalue weighted by Crippen LogP contribution is -2.35. The summed E-state index contributed by atoms with van der Waals surface area (Å²) in [6.45, 7) is 3.17. The zero-order chi connectivity index (χ0) is 27.0. The lowest BCUT2D eigenvalue weighted by molar-refractivity contribution is -0.156. The number of amides is 2. The van der Waals surface area contributed by atoms with E-state index < -0.39 is 11.9 Å². The number of nitrogens with zero attached hydrogens (tertiary/aromatic N) is 1. The molecule has 0 fully saturated rings. The molecule has 37 heavy (non-hydrogen) atoms. The standard InChI is InChI=1S/C29H38BrIN2O4/c1-2-3-4-5-6-7-8-9-10-13-18-32-27(34)22-16-17-23(25(30)19-22)20-33(28(35)29(36)37)21-24-14-11-12-15-26(24)31/h11-12,14-17,19H,2-10,13,18,20-21H2,1H3,(H,32,34)(H,36,37). The highest BCUT2D eigenvalue weighted by atomic mass is 127. The number of nitrogens with one attached hydrogen (secondary N) is 1. The van der Waals surface area contributed by atoms with Crippen LogP contribution in [-0.2, 0) is 22.7 Å². The maximum absolute atomic E-state index is 12.6. The Bertz CT molecular complexity index is 1030. The van der Waals surface area contributed by atoms with Gasteiger partial charge in [0.15, 0.2) is 0 Å². The summed E-state index contributed by atoms with van der Waals surface area (Å²) in [5.41, 5.74) is 2.13. The Morgan fingerprint density at radius 1 is 0.865 bits per heavy atom. The highest BCUT2D eigenvalue weighted by molar-refractivity contribution is 14.1. The second kappa shape index (κ2) is 17.5. The van der Waals surface area contributed by atoms with Gasteiger partial charge in [-0.1, -0.05) is 105 Å². The van der Waals surface area contributed by atoms with E-state index in [0.717, 1.165) is 27.5 Å². The summed E-state index contributed by atoms with van der Waals surface area (Å²) in [5, 5.41) is 12.3. The fourth-order valence-corrected chi connectivity index (χ4v) is 5.17. The summed E-state index contributed by atoms with van der Waals surface area (Å²) < 4.78 is 1.61. The molecule has 2 aromatic rings. The number of unbranched alkanes of at least 4 members (excludes halogenated alkanes) is 9. The van der Waals surface area contributed by atoms with Crippen LogP contribution in [-0.4, -0.2) is 34.3 Å². The third-order valence-corrected chi connectivity index (χ3v) is 8.07. The van der Waals surface area contributed by atoms with E-state index >= 15 is 0 Å². The molecule has 6 nitrogen and oxygen atoms in total. The Balaban J connectivity index is 1.83. The van der Waals surface area contributed by atoms with Crippen molar-refractivity contribution in [3.8, 4) is 0 Å². The minimum Gasteiger partial charge on any atom is -0.474 e. The predicted molar refractivity (Wildman–Crippen MR) is 159 cm³/mol. The van der Waals surface area contributed by atoms with Crippen LogP contribution in [0.15, 0.2) is 46.9 Å². The number of carboxylic acid groups (broad SMARTS) is 1. The molecule has 0 aliphatic carbocycles. The largest absolute Gasteiger partial charge is 0.474 e. The molecule has 0 heterocycles. The molecule has 0 aromatic heterocycles. The van der Waals surface area contributed by atoms with Gasteiger partial charge in [-0.25, -0.2) is 4.79 Å². The van der Waals surface area contributed by atoms with Gasteiger partial charge in [0.25, 0.3) is 5.91 Å². The molecule has 0 saturated heterocycles. The molecule has 0 atom stereocenters. The number of rotatable bonds is 16. The Kier molecular flexibility index (Phi) is 14.8. The van der Waals surface area contributed by atoms with Crippen LogP contribution >= 0.6 is 38.5 Å². The average Bonchev–Trinajstić information content (AvgIpc) is 2.88. The SMILES string of the molecule is CCCCCCCCCCCCNC(=O)c1ccc(CN(Cc2ccccc2I)C(=O)C(=O)O)c(Br)c1. The first-order chi connectivity index (χ1) is 17.8. The molecular formula is C29H38BrIN2O4. The number of hydrogen-bond donors (Lipinski definition) is 2. The van der Waals surface area contributed by atoms with E-state index in [2.05, 4.69) is 50.8 Å². The van der Waals surface area contributed by atoms with Gasteiger partial charge < -0.3 is 15.3 Å². The number of carboxylic acids is 1. The minimum atomic E-state index is -1.50. The summed E-state index contributed by atoms with van der Waals surface area (Å²) in [7, 11) is 0. The number of carbonyl (C=O) groups is 3. The second-order valence-corrected chi connectivity index (χ2v) is 11.3. The number of carbonyl (C=O) groups excluding carboxylic acids is 2. The maximum Gasteiger partial charge on any atom is 0.394 e. The van der Waals surface area contributed by atoms with Crippen LogP contribution in [0.25, 0.3) is 0 Å². The molecule has 202 valence electrons. The van der Waals surface area contributed by atoms with Crippen molar-refractivity contribution in [1.29, 1.82) is 0 Å². The fraction of sp³-hybridized carbons (Fsp3) is 0.483. The first kappa shape index (κ1) is 31.3. The van der Waals surface area contributed by atoms with Crippen LogP contribution in [0, 0.1) is 3.57 Å². The van der Waals surface area contributed by atoms with Gasteiger partial charge in [0.2, 0.25) is 0 Å². The predicted octanol–water partition coefficient (Wildman–Crippen LogP) is 7.32. The number of aliphatic carboxylic acids is 1. The molecule has 0 unspecified atom stereocenters. The number of halogens is 2. The molecule has 0 spiro atoms. The van der Waals surface area contributed by atoms with E-state index in [1.165, 1.54) is 56.3 Å². The molecule has 0 saturated carbocycles. The van der Waals surface area contributed by atoms with E-state index in [1.807, 2.05) is 24.3 Å². The van der Waals surface area contributed by atoms with Crippen LogP contribution in [0.3, 0.4) is 0 Å². The third-order valence-electron chi connectivity index (χ3n) is 6.28. The van der Waals surface area contributed by atoms with Crippen LogP contribution in [0.4, 0.5) is 0 Å². The fourth-order valence-electron chi connectivity index (χ4n) is 4.11. The first-order valence-corrected chi connectivity index (χ1v) is 15.0. The second-order valence-electron chi connectivity index (χ2n) is 9.30. The van der Waals surface area contributed by atoms with Crippen molar-refractivity contribution in [1.82, 2.24) is 10.2 Å². The Morgan fingerprint density at radius 2 is 1.46 bits per heavy atom. The van der Waals surface area contributed by atoms with Gasteiger partial charge in [-0.3, -0.25) is 9.59 Å². The molecule has 2 N–H and O–H groups in total. The molecule has 0 bridgehead atoms. The van der Waals surface area contributed by atoms with Crippen LogP contribution in [0.1, 0.15) is 92.6 Å². The highest BCUT2D eigenvalue weighted by Gasteiger charge is 2.23. The van der Waals surface area contributed by atoms with Crippen molar-refractivity contribution in [2.75, 3.05) is 6.54 Å². The molecular weight excluding hydrogens is 647 g/mol. The van der Waals surface area contributed by atoms with Crippen molar-refractivity contribution >= 4 is 56.3 Å². The molecule has 2 aromatic carbocycles. The van der Waals surface area contributed by atoms with Gasteiger partial charge in [-0.05, 0) is 58.3 Å².